The maximum atomic E-state index is 12.3. The minimum Gasteiger partial charge on any atom is -0.481 e. The van der Waals surface area contributed by atoms with Crippen molar-refractivity contribution in [3.8, 4) is 11.8 Å². The molecule has 0 heterocycles. The molecule has 0 aliphatic carbocycles. The molecule has 6 nitrogen and oxygen atoms in total. The molecule has 0 spiro atoms. The smallest absolute Gasteiger partial charge is 0.314 e. The second-order valence-corrected chi connectivity index (χ2v) is 5.70. The average molecular weight is 338 g/mol. The standard InChI is InChI=1S/C19H18N2O4/c1-19(18(23)24,14-5-3-2-4-6-14)13-17(22)21-15-7-9-16(10-8-15)25-12-11-20/h2-10H,12-13H2,1H3,(H,21,22)(H,23,24)/t19-/m0/s1. The summed E-state index contributed by atoms with van der Waals surface area (Å²) in [4.78, 5) is 24.0. The first-order chi connectivity index (χ1) is 12.0. The van der Waals surface area contributed by atoms with Gasteiger partial charge in [-0.05, 0) is 36.8 Å². The van der Waals surface area contributed by atoms with Crippen LogP contribution in [0.4, 0.5) is 5.69 Å². The summed E-state index contributed by atoms with van der Waals surface area (Å²) in [6.45, 7) is 1.48. The highest BCUT2D eigenvalue weighted by Gasteiger charge is 2.37. The van der Waals surface area contributed by atoms with Crippen LogP contribution in [0, 0.1) is 11.3 Å². The number of carbonyl (C=O) groups excluding carboxylic acids is 1. The highest BCUT2D eigenvalue weighted by molar-refractivity contribution is 5.96. The van der Waals surface area contributed by atoms with Crippen LogP contribution in [0.1, 0.15) is 18.9 Å². The van der Waals surface area contributed by atoms with Gasteiger partial charge in [-0.15, -0.1) is 0 Å². The Labute approximate surface area is 145 Å². The minimum absolute atomic E-state index is 0.0558. The number of nitrogens with one attached hydrogen (secondary N) is 1. The van der Waals surface area contributed by atoms with Gasteiger partial charge in [-0.2, -0.15) is 5.26 Å². The van der Waals surface area contributed by atoms with E-state index in [2.05, 4.69) is 5.32 Å². The van der Waals surface area contributed by atoms with Gasteiger partial charge in [-0.1, -0.05) is 30.3 Å². The van der Waals surface area contributed by atoms with Crippen molar-refractivity contribution in [3.05, 3.63) is 60.2 Å². The monoisotopic (exact) mass is 338 g/mol. The van der Waals surface area contributed by atoms with Crippen LogP contribution in [0.2, 0.25) is 0 Å². The number of nitriles is 1. The number of nitrogens with zero attached hydrogens (tertiary/aromatic N) is 1. The molecule has 2 aromatic rings. The number of hydrogen-bond acceptors (Lipinski definition) is 4. The lowest BCUT2D eigenvalue weighted by Gasteiger charge is -2.24. The van der Waals surface area contributed by atoms with Crippen molar-refractivity contribution < 1.29 is 19.4 Å². The van der Waals surface area contributed by atoms with Crippen molar-refractivity contribution in [2.75, 3.05) is 11.9 Å². The lowest BCUT2D eigenvalue weighted by molar-refractivity contribution is -0.145. The van der Waals surface area contributed by atoms with Gasteiger partial charge in [0.05, 0.1) is 5.41 Å². The molecule has 0 radical (unpaired) electrons. The van der Waals surface area contributed by atoms with E-state index in [0.717, 1.165) is 0 Å². The van der Waals surface area contributed by atoms with Crippen LogP contribution in [0.25, 0.3) is 0 Å². The Hall–Kier alpha value is -3.33. The molecule has 0 fully saturated rings. The lowest BCUT2D eigenvalue weighted by Crippen LogP contribution is -2.36. The predicted octanol–water partition coefficient (Wildman–Crippen LogP) is 2.96. The summed E-state index contributed by atoms with van der Waals surface area (Å²) in [5.41, 5.74) is -0.228. The zero-order chi connectivity index (χ0) is 18.3. The van der Waals surface area contributed by atoms with Gasteiger partial charge in [-0.25, -0.2) is 0 Å². The van der Waals surface area contributed by atoms with Crippen LogP contribution in [-0.4, -0.2) is 23.6 Å². The summed E-state index contributed by atoms with van der Waals surface area (Å²) in [5.74, 6) is -0.951. The first kappa shape index (κ1) is 18.0. The third-order valence-corrected chi connectivity index (χ3v) is 3.84. The second-order valence-electron chi connectivity index (χ2n) is 5.70. The number of anilines is 1. The topological polar surface area (TPSA) is 99.4 Å². The maximum Gasteiger partial charge on any atom is 0.314 e. The van der Waals surface area contributed by atoms with E-state index < -0.39 is 17.3 Å². The Kier molecular flexibility index (Phi) is 5.75. The summed E-state index contributed by atoms with van der Waals surface area (Å²) >= 11 is 0. The van der Waals surface area contributed by atoms with Crippen molar-refractivity contribution in [2.45, 2.75) is 18.8 Å². The van der Waals surface area contributed by atoms with Gasteiger partial charge in [0.15, 0.2) is 6.61 Å². The van der Waals surface area contributed by atoms with Gasteiger partial charge >= 0.3 is 5.97 Å². The van der Waals surface area contributed by atoms with Gasteiger partial charge in [0.2, 0.25) is 5.91 Å². The summed E-state index contributed by atoms with van der Waals surface area (Å²) in [7, 11) is 0. The van der Waals surface area contributed by atoms with Crippen LogP contribution >= 0.6 is 0 Å². The summed E-state index contributed by atoms with van der Waals surface area (Å²) in [6, 6.07) is 17.1. The quantitative estimate of drug-likeness (QED) is 0.808. The molecule has 0 unspecified atom stereocenters. The van der Waals surface area contributed by atoms with Crippen LogP contribution in [0.3, 0.4) is 0 Å². The Morgan fingerprint density at radius 3 is 2.36 bits per heavy atom. The van der Waals surface area contributed by atoms with Crippen molar-refractivity contribution in [3.63, 3.8) is 0 Å². The first-order valence-corrected chi connectivity index (χ1v) is 7.64. The fourth-order valence-electron chi connectivity index (χ4n) is 2.38. The SMILES string of the molecule is C[C@@](CC(=O)Nc1ccc(OCC#N)cc1)(C(=O)O)c1ccccc1. The van der Waals surface area contributed by atoms with Crippen LogP contribution < -0.4 is 10.1 Å². The van der Waals surface area contributed by atoms with E-state index in [1.807, 2.05) is 6.07 Å². The second kappa shape index (κ2) is 7.97. The molecule has 1 atom stereocenters. The number of benzene rings is 2. The van der Waals surface area contributed by atoms with E-state index in [4.69, 9.17) is 10.00 Å². The molecular weight excluding hydrogens is 320 g/mol. The molecule has 0 aromatic heterocycles. The lowest BCUT2D eigenvalue weighted by atomic mass is 9.79. The van der Waals surface area contributed by atoms with E-state index >= 15 is 0 Å². The molecule has 2 rings (SSSR count). The molecule has 2 aromatic carbocycles. The van der Waals surface area contributed by atoms with Crippen LogP contribution in [-0.2, 0) is 15.0 Å². The van der Waals surface area contributed by atoms with Gasteiger partial charge in [-0.3, -0.25) is 9.59 Å². The van der Waals surface area contributed by atoms with Gasteiger partial charge < -0.3 is 15.2 Å². The summed E-state index contributed by atoms with van der Waals surface area (Å²) in [5, 5.41) is 20.7. The number of amides is 1. The fourth-order valence-corrected chi connectivity index (χ4v) is 2.38. The number of carbonyl (C=O) groups is 2. The number of aliphatic carboxylic acids is 1. The van der Waals surface area contributed by atoms with Gasteiger partial charge in [0, 0.05) is 12.1 Å². The maximum absolute atomic E-state index is 12.3. The molecule has 2 N–H and O–H groups in total. The third-order valence-electron chi connectivity index (χ3n) is 3.84. The van der Waals surface area contributed by atoms with Crippen LogP contribution in [0.15, 0.2) is 54.6 Å². The summed E-state index contributed by atoms with van der Waals surface area (Å²) in [6.07, 6.45) is -0.195. The molecule has 25 heavy (non-hydrogen) atoms. The number of rotatable bonds is 7. The summed E-state index contributed by atoms with van der Waals surface area (Å²) < 4.78 is 5.13. The zero-order valence-electron chi connectivity index (χ0n) is 13.7. The normalized spacial score (nSPS) is 12.5. The van der Waals surface area contributed by atoms with E-state index in [9.17, 15) is 14.7 Å². The van der Waals surface area contributed by atoms with E-state index in [1.165, 1.54) is 6.92 Å². The molecular formula is C19H18N2O4. The van der Waals surface area contributed by atoms with Crippen LogP contribution in [0.5, 0.6) is 5.75 Å². The molecule has 1 amide bonds. The number of ether oxygens (including phenoxy) is 1. The highest BCUT2D eigenvalue weighted by atomic mass is 16.5. The van der Waals surface area contributed by atoms with Crippen molar-refractivity contribution in [1.29, 1.82) is 5.26 Å². The van der Waals surface area contributed by atoms with Crippen molar-refractivity contribution in [2.24, 2.45) is 0 Å². The molecule has 0 aliphatic heterocycles. The largest absolute Gasteiger partial charge is 0.481 e. The third kappa shape index (κ3) is 4.58. The molecule has 6 heteroatoms. The predicted molar refractivity (Wildman–Crippen MR) is 92.2 cm³/mol. The van der Waals surface area contributed by atoms with Crippen molar-refractivity contribution >= 4 is 17.6 Å². The highest BCUT2D eigenvalue weighted by Crippen LogP contribution is 2.28. The molecule has 128 valence electrons. The molecule has 0 saturated carbocycles. The Morgan fingerprint density at radius 2 is 1.80 bits per heavy atom. The van der Waals surface area contributed by atoms with E-state index in [1.54, 1.807) is 54.6 Å². The van der Waals surface area contributed by atoms with E-state index in [-0.39, 0.29) is 13.0 Å². The van der Waals surface area contributed by atoms with E-state index in [0.29, 0.717) is 17.0 Å². The Bertz CT molecular complexity index is 781. The Morgan fingerprint density at radius 1 is 1.16 bits per heavy atom. The first-order valence-electron chi connectivity index (χ1n) is 7.64. The Balaban J connectivity index is 2.07. The number of carboxylic acid groups (broad SMARTS) is 1. The average Bonchev–Trinajstić information content (AvgIpc) is 2.61. The van der Waals surface area contributed by atoms with Gasteiger partial charge in [0.1, 0.15) is 11.8 Å². The number of hydrogen-bond donors (Lipinski definition) is 2. The van der Waals surface area contributed by atoms with Gasteiger partial charge in [0.25, 0.3) is 0 Å². The molecule has 0 aliphatic rings. The zero-order valence-corrected chi connectivity index (χ0v) is 13.7. The fraction of sp³-hybridized carbons (Fsp3) is 0.211. The molecule has 0 bridgehead atoms. The molecule has 0 saturated heterocycles. The minimum atomic E-state index is -1.32. The number of carboxylic acids is 1. The van der Waals surface area contributed by atoms with Crippen molar-refractivity contribution in [1.82, 2.24) is 0 Å².